The van der Waals surface area contributed by atoms with Gasteiger partial charge in [-0.3, -0.25) is 14.5 Å². The van der Waals surface area contributed by atoms with Gasteiger partial charge in [-0.05, 0) is 5.56 Å². The van der Waals surface area contributed by atoms with Gasteiger partial charge in [-0.1, -0.05) is 42.1 Å². The maximum absolute atomic E-state index is 12.1. The number of carbonyl (C=O) groups excluding carboxylic acids is 2. The van der Waals surface area contributed by atoms with Gasteiger partial charge in [0, 0.05) is 0 Å². The van der Waals surface area contributed by atoms with E-state index in [0.29, 0.717) is 0 Å². The number of nitrogens with one attached hydrogen (secondary N) is 1. The molecule has 22 heavy (non-hydrogen) atoms. The molecule has 2 aliphatic heterocycles. The number of carboxylic acid groups (broad SMARTS) is 1. The Hall–Kier alpha value is -2.35. The summed E-state index contributed by atoms with van der Waals surface area (Å²) in [6.07, 6.45) is -1.01. The lowest BCUT2D eigenvalue weighted by atomic mass is 10.0. The standard InChI is InChI=1S/C14H13N3O4S/c18-9(6-8-4-2-1-3-5-8)16-10-12(19)17-11(14(20)21)15-7-22-13(10)17/h1-5,7,10-11,13H,6H2,(H,16,18)(H,20,21)/t10-,11+,13-/m1/s1. The molecule has 2 amide bonds. The van der Waals surface area contributed by atoms with Gasteiger partial charge in [0.25, 0.3) is 5.91 Å². The van der Waals surface area contributed by atoms with Gasteiger partial charge in [0.1, 0.15) is 11.4 Å². The summed E-state index contributed by atoms with van der Waals surface area (Å²) in [5.74, 6) is -1.86. The predicted octanol–water partition coefficient (Wildman–Crippen LogP) is 0.0680. The van der Waals surface area contributed by atoms with Crippen LogP contribution in [0.3, 0.4) is 0 Å². The number of nitrogens with zero attached hydrogens (tertiary/aromatic N) is 2. The average molecular weight is 319 g/mol. The first-order valence-corrected chi connectivity index (χ1v) is 7.57. The minimum absolute atomic E-state index is 0.179. The predicted molar refractivity (Wildman–Crippen MR) is 80.2 cm³/mol. The van der Waals surface area contributed by atoms with Crippen LogP contribution in [-0.2, 0) is 20.8 Å². The summed E-state index contributed by atoms with van der Waals surface area (Å²) in [6.45, 7) is 0. The third kappa shape index (κ3) is 2.57. The third-order valence-electron chi connectivity index (χ3n) is 3.49. The molecule has 0 saturated carbocycles. The molecule has 3 rings (SSSR count). The Kier molecular flexibility index (Phi) is 3.84. The zero-order valence-corrected chi connectivity index (χ0v) is 12.2. The van der Waals surface area contributed by atoms with Crippen molar-refractivity contribution >= 4 is 35.1 Å². The highest BCUT2D eigenvalue weighted by Gasteiger charge is 2.54. The Balaban J connectivity index is 1.63. The fraction of sp³-hybridized carbons (Fsp3) is 0.286. The highest BCUT2D eigenvalue weighted by Crippen LogP contribution is 2.34. The Bertz CT molecular complexity index is 649. The second kappa shape index (κ2) is 5.80. The first kappa shape index (κ1) is 14.6. The minimum Gasteiger partial charge on any atom is -0.478 e. The van der Waals surface area contributed by atoms with Crippen molar-refractivity contribution in [1.82, 2.24) is 10.2 Å². The van der Waals surface area contributed by atoms with Crippen molar-refractivity contribution in [2.24, 2.45) is 4.99 Å². The zero-order chi connectivity index (χ0) is 15.7. The van der Waals surface area contributed by atoms with Crippen molar-refractivity contribution < 1.29 is 19.5 Å². The largest absolute Gasteiger partial charge is 0.478 e. The Morgan fingerprint density at radius 1 is 1.32 bits per heavy atom. The van der Waals surface area contributed by atoms with E-state index in [4.69, 9.17) is 5.11 Å². The van der Waals surface area contributed by atoms with E-state index in [9.17, 15) is 14.4 Å². The second-order valence-corrected chi connectivity index (χ2v) is 5.91. The first-order valence-electron chi connectivity index (χ1n) is 6.63. The lowest BCUT2D eigenvalue weighted by molar-refractivity contribution is -0.161. The van der Waals surface area contributed by atoms with E-state index in [1.54, 1.807) is 0 Å². The molecule has 1 saturated heterocycles. The van der Waals surface area contributed by atoms with Gasteiger partial charge in [0.05, 0.1) is 12.0 Å². The monoisotopic (exact) mass is 319 g/mol. The Morgan fingerprint density at radius 2 is 2.05 bits per heavy atom. The highest BCUT2D eigenvalue weighted by atomic mass is 32.2. The molecule has 1 fully saturated rings. The van der Waals surface area contributed by atoms with Crippen LogP contribution in [0.4, 0.5) is 0 Å². The summed E-state index contributed by atoms with van der Waals surface area (Å²) in [6, 6.07) is 8.50. The summed E-state index contributed by atoms with van der Waals surface area (Å²) in [5.41, 5.74) is 2.27. The molecule has 0 aromatic heterocycles. The van der Waals surface area contributed by atoms with Gasteiger partial charge < -0.3 is 10.4 Å². The Labute approximate surface area is 130 Å². The molecular formula is C14H13N3O4S. The van der Waals surface area contributed by atoms with E-state index >= 15 is 0 Å². The van der Waals surface area contributed by atoms with Gasteiger partial charge in [-0.2, -0.15) is 0 Å². The number of carboxylic acids is 1. The van der Waals surface area contributed by atoms with E-state index in [0.717, 1.165) is 5.56 Å². The van der Waals surface area contributed by atoms with Crippen LogP contribution in [0.2, 0.25) is 0 Å². The molecule has 7 nitrogen and oxygen atoms in total. The fourth-order valence-corrected chi connectivity index (χ4v) is 3.44. The van der Waals surface area contributed by atoms with E-state index in [2.05, 4.69) is 10.3 Å². The molecule has 8 heteroatoms. The van der Waals surface area contributed by atoms with Gasteiger partial charge in [-0.15, -0.1) is 0 Å². The van der Waals surface area contributed by atoms with E-state index in [-0.39, 0.29) is 12.3 Å². The van der Waals surface area contributed by atoms with Crippen molar-refractivity contribution in [2.45, 2.75) is 24.0 Å². The summed E-state index contributed by atoms with van der Waals surface area (Å²) in [7, 11) is 0. The molecule has 0 spiro atoms. The van der Waals surface area contributed by atoms with Crippen molar-refractivity contribution in [3.8, 4) is 0 Å². The maximum atomic E-state index is 12.1. The van der Waals surface area contributed by atoms with Crippen LogP contribution < -0.4 is 5.32 Å². The number of β-lactam (4-membered cyclic amide) rings is 1. The maximum Gasteiger partial charge on any atom is 0.349 e. The summed E-state index contributed by atoms with van der Waals surface area (Å²) in [4.78, 5) is 40.1. The molecular weight excluding hydrogens is 306 g/mol. The van der Waals surface area contributed by atoms with Gasteiger partial charge in [0.2, 0.25) is 12.1 Å². The lowest BCUT2D eigenvalue weighted by Crippen LogP contribution is -2.73. The number of thioether (sulfide) groups is 1. The van der Waals surface area contributed by atoms with Crippen molar-refractivity contribution in [3.05, 3.63) is 35.9 Å². The highest BCUT2D eigenvalue weighted by molar-refractivity contribution is 8.12. The smallest absolute Gasteiger partial charge is 0.349 e. The van der Waals surface area contributed by atoms with Crippen molar-refractivity contribution in [3.63, 3.8) is 0 Å². The van der Waals surface area contributed by atoms with E-state index in [1.165, 1.54) is 22.2 Å². The van der Waals surface area contributed by atoms with E-state index < -0.39 is 29.5 Å². The van der Waals surface area contributed by atoms with E-state index in [1.807, 2.05) is 30.3 Å². The second-order valence-electron chi connectivity index (χ2n) is 4.95. The molecule has 3 atom stereocenters. The summed E-state index contributed by atoms with van der Waals surface area (Å²) < 4.78 is 0. The average Bonchev–Trinajstić information content (AvgIpc) is 2.52. The summed E-state index contributed by atoms with van der Waals surface area (Å²) in [5, 5.41) is 11.3. The number of rotatable bonds is 4. The SMILES string of the molecule is O=C(Cc1ccccc1)N[C@@H]1C(=O)N2[C@@H](C(=O)O)N=CS[C@H]12. The number of benzene rings is 1. The van der Waals surface area contributed by atoms with Crippen LogP contribution in [0, 0.1) is 0 Å². The lowest BCUT2D eigenvalue weighted by Gasteiger charge is -2.49. The molecule has 114 valence electrons. The zero-order valence-electron chi connectivity index (χ0n) is 11.4. The van der Waals surface area contributed by atoms with Crippen molar-refractivity contribution in [1.29, 1.82) is 0 Å². The molecule has 2 aliphatic rings. The molecule has 0 unspecified atom stereocenters. The van der Waals surface area contributed by atoms with Crippen LogP contribution in [0.25, 0.3) is 0 Å². The van der Waals surface area contributed by atoms with Crippen LogP contribution in [-0.4, -0.2) is 50.9 Å². The fourth-order valence-electron chi connectivity index (χ4n) is 2.44. The molecule has 2 heterocycles. The quantitative estimate of drug-likeness (QED) is 0.765. The first-order chi connectivity index (χ1) is 10.6. The van der Waals surface area contributed by atoms with Gasteiger partial charge in [0.15, 0.2) is 0 Å². The third-order valence-corrected chi connectivity index (χ3v) is 4.51. The van der Waals surface area contributed by atoms with Crippen LogP contribution in [0.5, 0.6) is 0 Å². The molecule has 2 N–H and O–H groups in total. The van der Waals surface area contributed by atoms with Crippen LogP contribution in [0.1, 0.15) is 5.56 Å². The summed E-state index contributed by atoms with van der Waals surface area (Å²) >= 11 is 1.23. The molecule has 0 aliphatic carbocycles. The van der Waals surface area contributed by atoms with Gasteiger partial charge >= 0.3 is 5.97 Å². The van der Waals surface area contributed by atoms with Crippen LogP contribution >= 0.6 is 11.8 Å². The normalized spacial score (nSPS) is 26.1. The molecule has 0 bridgehead atoms. The van der Waals surface area contributed by atoms with Gasteiger partial charge in [-0.25, -0.2) is 9.79 Å². The molecule has 0 radical (unpaired) electrons. The number of aliphatic carboxylic acids is 1. The van der Waals surface area contributed by atoms with Crippen LogP contribution in [0.15, 0.2) is 35.3 Å². The Morgan fingerprint density at radius 3 is 2.73 bits per heavy atom. The number of aliphatic imine (C=N–C) groups is 1. The number of fused-ring (bicyclic) bond motifs is 1. The number of amides is 2. The molecule has 1 aromatic rings. The molecule has 1 aromatic carbocycles. The minimum atomic E-state index is -1.19. The number of hydrogen-bond donors (Lipinski definition) is 2. The topological polar surface area (TPSA) is 99.1 Å². The van der Waals surface area contributed by atoms with Crippen molar-refractivity contribution in [2.75, 3.05) is 0 Å². The number of hydrogen-bond acceptors (Lipinski definition) is 5. The number of carbonyl (C=O) groups is 3.